The number of benzene rings is 7. The van der Waals surface area contributed by atoms with Crippen LogP contribution in [0.5, 0.6) is 0 Å². The second-order valence-electron chi connectivity index (χ2n) is 9.08. The number of hydrogen-bond donors (Lipinski definition) is 0. The molecular formula is C33H23N. The van der Waals surface area contributed by atoms with Crippen molar-refractivity contribution in [1.82, 2.24) is 0 Å². The van der Waals surface area contributed by atoms with Crippen molar-refractivity contribution >= 4 is 60.2 Å². The van der Waals surface area contributed by atoms with Gasteiger partial charge in [0.1, 0.15) is 0 Å². The molecule has 0 amide bonds. The Morgan fingerprint density at radius 1 is 0.412 bits per heavy atom. The molecule has 7 aromatic rings. The Kier molecular flexibility index (Phi) is 4.13. The zero-order chi connectivity index (χ0) is 22.6. The minimum absolute atomic E-state index is 1.16. The highest BCUT2D eigenvalue weighted by Crippen LogP contribution is 2.45. The quantitative estimate of drug-likeness (QED) is 0.198. The number of hydrogen-bond acceptors (Lipinski definition) is 1. The van der Waals surface area contributed by atoms with E-state index in [0.717, 1.165) is 11.4 Å². The molecule has 0 aliphatic heterocycles. The lowest BCUT2D eigenvalue weighted by Gasteiger charge is -2.28. The van der Waals surface area contributed by atoms with Crippen molar-refractivity contribution in [3.8, 4) is 0 Å². The van der Waals surface area contributed by atoms with Gasteiger partial charge in [-0.3, -0.25) is 0 Å². The van der Waals surface area contributed by atoms with Gasteiger partial charge in [0.15, 0.2) is 0 Å². The highest BCUT2D eigenvalue weighted by molar-refractivity contribution is 6.34. The number of aryl methyl sites for hydroxylation is 1. The molecule has 0 N–H and O–H groups in total. The van der Waals surface area contributed by atoms with Crippen molar-refractivity contribution in [2.75, 3.05) is 4.90 Å². The highest BCUT2D eigenvalue weighted by Gasteiger charge is 2.19. The van der Waals surface area contributed by atoms with E-state index in [1.165, 1.54) is 54.3 Å². The Labute approximate surface area is 198 Å². The van der Waals surface area contributed by atoms with Crippen LogP contribution in [0.1, 0.15) is 5.56 Å². The highest BCUT2D eigenvalue weighted by atomic mass is 15.1. The predicted molar refractivity (Wildman–Crippen MR) is 147 cm³/mol. The first kappa shape index (κ1) is 19.1. The van der Waals surface area contributed by atoms with Gasteiger partial charge in [0.25, 0.3) is 0 Å². The Bertz CT molecular complexity index is 1750. The smallest absolute Gasteiger partial charge is 0.0540 e. The van der Waals surface area contributed by atoms with Crippen LogP contribution in [-0.2, 0) is 0 Å². The van der Waals surface area contributed by atoms with E-state index in [0.29, 0.717) is 0 Å². The fourth-order valence-corrected chi connectivity index (χ4v) is 5.52. The normalized spacial score (nSPS) is 11.7. The molecule has 0 aromatic heterocycles. The van der Waals surface area contributed by atoms with E-state index < -0.39 is 0 Å². The lowest BCUT2D eigenvalue weighted by atomic mass is 9.89. The molecule has 0 aliphatic carbocycles. The van der Waals surface area contributed by atoms with Gasteiger partial charge >= 0.3 is 0 Å². The molecule has 160 valence electrons. The molecule has 0 bridgehead atoms. The van der Waals surface area contributed by atoms with Crippen molar-refractivity contribution in [1.29, 1.82) is 0 Å². The van der Waals surface area contributed by atoms with Gasteiger partial charge in [0.2, 0.25) is 0 Å². The van der Waals surface area contributed by atoms with Crippen LogP contribution in [0.25, 0.3) is 43.1 Å². The molecule has 0 saturated carbocycles. The van der Waals surface area contributed by atoms with Gasteiger partial charge in [-0.05, 0) is 75.0 Å². The van der Waals surface area contributed by atoms with Crippen molar-refractivity contribution < 1.29 is 0 Å². The van der Waals surface area contributed by atoms with Crippen LogP contribution in [-0.4, -0.2) is 0 Å². The van der Waals surface area contributed by atoms with Gasteiger partial charge in [-0.2, -0.15) is 0 Å². The van der Waals surface area contributed by atoms with Crippen molar-refractivity contribution in [2.24, 2.45) is 0 Å². The minimum Gasteiger partial charge on any atom is -0.310 e. The Morgan fingerprint density at radius 3 is 1.68 bits per heavy atom. The summed E-state index contributed by atoms with van der Waals surface area (Å²) in [5, 5.41) is 10.5. The molecule has 0 aliphatic rings. The summed E-state index contributed by atoms with van der Waals surface area (Å²) in [6, 6.07) is 44.2. The first-order valence-electron chi connectivity index (χ1n) is 11.8. The molecule has 34 heavy (non-hydrogen) atoms. The summed E-state index contributed by atoms with van der Waals surface area (Å²) < 4.78 is 0. The summed E-state index contributed by atoms with van der Waals surface area (Å²) in [6.07, 6.45) is 0. The molecule has 0 heterocycles. The molecule has 7 aromatic carbocycles. The predicted octanol–water partition coefficient (Wildman–Crippen LogP) is 9.52. The second kappa shape index (κ2) is 7.33. The molecule has 1 nitrogen and oxygen atoms in total. The van der Waals surface area contributed by atoms with Gasteiger partial charge < -0.3 is 4.90 Å². The summed E-state index contributed by atoms with van der Waals surface area (Å²) in [5.74, 6) is 0. The van der Waals surface area contributed by atoms with E-state index in [1.807, 2.05) is 0 Å². The first-order chi connectivity index (χ1) is 16.8. The lowest BCUT2D eigenvalue weighted by molar-refractivity contribution is 1.29. The van der Waals surface area contributed by atoms with E-state index in [1.54, 1.807) is 0 Å². The maximum atomic E-state index is 2.38. The number of fused-ring (bicyclic) bond motifs is 2. The summed E-state index contributed by atoms with van der Waals surface area (Å²) in [6.45, 7) is 2.14. The third-order valence-electron chi connectivity index (χ3n) is 7.05. The number of nitrogens with zero attached hydrogens (tertiary/aromatic N) is 1. The molecule has 0 unspecified atom stereocenters. The SMILES string of the molecule is Cc1ccc(N(c2ccccc2)c2ccc3c4cccc5cccc(c6cccc2c63)c54)cc1. The maximum Gasteiger partial charge on any atom is 0.0540 e. The lowest BCUT2D eigenvalue weighted by Crippen LogP contribution is -2.10. The Morgan fingerprint density at radius 2 is 0.971 bits per heavy atom. The molecule has 0 atom stereocenters. The van der Waals surface area contributed by atoms with Crippen LogP contribution >= 0.6 is 0 Å². The summed E-state index contributed by atoms with van der Waals surface area (Å²) in [7, 11) is 0. The fourth-order valence-electron chi connectivity index (χ4n) is 5.52. The van der Waals surface area contributed by atoms with Crippen LogP contribution in [0.4, 0.5) is 17.1 Å². The van der Waals surface area contributed by atoms with Crippen LogP contribution in [0.3, 0.4) is 0 Å². The van der Waals surface area contributed by atoms with Crippen LogP contribution in [0, 0.1) is 6.92 Å². The minimum atomic E-state index is 1.16. The van der Waals surface area contributed by atoms with E-state index in [-0.39, 0.29) is 0 Å². The second-order valence-corrected chi connectivity index (χ2v) is 9.08. The monoisotopic (exact) mass is 433 g/mol. The number of anilines is 3. The Balaban J connectivity index is 1.62. The van der Waals surface area contributed by atoms with Crippen molar-refractivity contribution in [2.45, 2.75) is 6.92 Å². The van der Waals surface area contributed by atoms with E-state index in [4.69, 9.17) is 0 Å². The third kappa shape index (κ3) is 2.74. The molecule has 7 rings (SSSR count). The van der Waals surface area contributed by atoms with Crippen LogP contribution in [0.15, 0.2) is 121 Å². The molecular weight excluding hydrogens is 410 g/mol. The number of para-hydroxylation sites is 1. The average molecular weight is 434 g/mol. The number of rotatable bonds is 3. The third-order valence-corrected chi connectivity index (χ3v) is 7.05. The maximum absolute atomic E-state index is 2.38. The summed E-state index contributed by atoms with van der Waals surface area (Å²) >= 11 is 0. The van der Waals surface area contributed by atoms with Gasteiger partial charge in [-0.1, -0.05) is 96.6 Å². The van der Waals surface area contributed by atoms with Crippen molar-refractivity contribution in [3.63, 3.8) is 0 Å². The first-order valence-corrected chi connectivity index (χ1v) is 11.8. The zero-order valence-corrected chi connectivity index (χ0v) is 19.0. The molecule has 0 radical (unpaired) electrons. The average Bonchev–Trinajstić information content (AvgIpc) is 2.89. The topological polar surface area (TPSA) is 3.24 Å². The zero-order valence-electron chi connectivity index (χ0n) is 19.0. The van der Waals surface area contributed by atoms with Crippen molar-refractivity contribution in [3.05, 3.63) is 127 Å². The molecule has 0 fully saturated rings. The van der Waals surface area contributed by atoms with E-state index >= 15 is 0 Å². The fraction of sp³-hybridized carbons (Fsp3) is 0.0303. The summed E-state index contributed by atoms with van der Waals surface area (Å²) in [4.78, 5) is 2.38. The van der Waals surface area contributed by atoms with Gasteiger partial charge in [-0.25, -0.2) is 0 Å². The van der Waals surface area contributed by atoms with Crippen LogP contribution in [0.2, 0.25) is 0 Å². The summed E-state index contributed by atoms with van der Waals surface area (Å²) in [5.41, 5.74) is 4.78. The molecule has 1 heteroatoms. The Hall–Kier alpha value is -4.36. The van der Waals surface area contributed by atoms with E-state index in [9.17, 15) is 0 Å². The van der Waals surface area contributed by atoms with Gasteiger partial charge in [0.05, 0.1) is 5.69 Å². The van der Waals surface area contributed by atoms with Crippen LogP contribution < -0.4 is 4.90 Å². The largest absolute Gasteiger partial charge is 0.310 e. The van der Waals surface area contributed by atoms with Gasteiger partial charge in [0, 0.05) is 16.8 Å². The van der Waals surface area contributed by atoms with E-state index in [2.05, 4.69) is 133 Å². The molecule has 0 spiro atoms. The standard InChI is InChI=1S/C33H23N/c1-22-16-18-25(19-17-22)34(24-10-3-2-4-11-24)31-21-20-29-27-13-6-9-23-8-5-12-26(32(23)27)28-14-7-15-30(31)33(28)29/h2-21H,1H3. The van der Waals surface area contributed by atoms with Gasteiger partial charge in [-0.15, -0.1) is 0 Å². The molecule has 0 saturated heterocycles.